The third kappa shape index (κ3) is 4.30. The van der Waals surface area contributed by atoms with Crippen LogP contribution in [-0.4, -0.2) is 49.7 Å². The number of nitrogens with one attached hydrogen (secondary N) is 1. The van der Waals surface area contributed by atoms with Crippen LogP contribution in [0.5, 0.6) is 0 Å². The summed E-state index contributed by atoms with van der Waals surface area (Å²) in [6, 6.07) is 6.70. The summed E-state index contributed by atoms with van der Waals surface area (Å²) in [5, 5.41) is 2.80. The number of nitrogens with zero attached hydrogens (tertiary/aromatic N) is 2. The number of isocyanates is 1. The lowest BCUT2D eigenvalue weighted by Gasteiger charge is -2.25. The molecule has 0 aromatic heterocycles. The standard InChI is InChI=1S/C13H15N3O3/c17-10-14-11-1-3-12(4-2-11)15-13(18)9-16-5-7-19-8-6-16/h1-4H,5-9H2,(H,15,18). The molecule has 0 spiro atoms. The van der Waals surface area contributed by atoms with Crippen molar-refractivity contribution in [2.45, 2.75) is 0 Å². The summed E-state index contributed by atoms with van der Waals surface area (Å²) in [5.41, 5.74) is 1.20. The van der Waals surface area contributed by atoms with E-state index in [-0.39, 0.29) is 5.91 Å². The molecule has 1 N–H and O–H groups in total. The predicted octanol–water partition coefficient (Wildman–Crippen LogP) is 0.925. The molecule has 0 radical (unpaired) electrons. The second kappa shape index (κ2) is 6.80. The Morgan fingerprint density at radius 1 is 1.32 bits per heavy atom. The Bertz CT molecular complexity index is 474. The van der Waals surface area contributed by atoms with Crippen molar-refractivity contribution in [1.82, 2.24) is 4.90 Å². The van der Waals surface area contributed by atoms with E-state index in [2.05, 4.69) is 10.3 Å². The Morgan fingerprint density at radius 3 is 2.63 bits per heavy atom. The normalized spacial score (nSPS) is 15.6. The smallest absolute Gasteiger partial charge is 0.240 e. The topological polar surface area (TPSA) is 71.0 Å². The highest BCUT2D eigenvalue weighted by molar-refractivity contribution is 5.92. The number of carbonyl (C=O) groups is 1. The van der Waals surface area contributed by atoms with E-state index in [1.54, 1.807) is 24.3 Å². The number of hydrogen-bond donors (Lipinski definition) is 1. The lowest BCUT2D eigenvalue weighted by molar-refractivity contribution is -0.118. The highest BCUT2D eigenvalue weighted by atomic mass is 16.5. The Morgan fingerprint density at radius 2 is 2.00 bits per heavy atom. The lowest BCUT2D eigenvalue weighted by Crippen LogP contribution is -2.41. The van der Waals surface area contributed by atoms with Crippen LogP contribution in [-0.2, 0) is 14.3 Å². The van der Waals surface area contributed by atoms with E-state index in [9.17, 15) is 9.59 Å². The quantitative estimate of drug-likeness (QED) is 0.646. The van der Waals surface area contributed by atoms with Crippen LogP contribution in [0.15, 0.2) is 29.3 Å². The zero-order valence-electron chi connectivity index (χ0n) is 10.5. The van der Waals surface area contributed by atoms with Crippen molar-refractivity contribution in [3.05, 3.63) is 24.3 Å². The fourth-order valence-corrected chi connectivity index (χ4v) is 1.83. The van der Waals surface area contributed by atoms with Crippen LogP contribution in [0.25, 0.3) is 0 Å². The van der Waals surface area contributed by atoms with Crippen molar-refractivity contribution in [3.63, 3.8) is 0 Å². The zero-order valence-corrected chi connectivity index (χ0v) is 10.5. The molecule has 1 saturated heterocycles. The van der Waals surface area contributed by atoms with E-state index in [1.807, 2.05) is 4.90 Å². The summed E-state index contributed by atoms with van der Waals surface area (Å²) in [5.74, 6) is -0.0615. The van der Waals surface area contributed by atoms with Crippen molar-refractivity contribution < 1.29 is 14.3 Å². The predicted molar refractivity (Wildman–Crippen MR) is 70.1 cm³/mol. The Hall–Kier alpha value is -2.01. The van der Waals surface area contributed by atoms with Gasteiger partial charge in [0.2, 0.25) is 12.0 Å². The van der Waals surface area contributed by atoms with E-state index in [0.29, 0.717) is 31.1 Å². The van der Waals surface area contributed by atoms with E-state index < -0.39 is 0 Å². The zero-order chi connectivity index (χ0) is 13.5. The average Bonchev–Trinajstić information content (AvgIpc) is 2.42. The molecule has 1 fully saturated rings. The van der Waals surface area contributed by atoms with Crippen LogP contribution >= 0.6 is 0 Å². The first-order valence-corrected chi connectivity index (χ1v) is 6.06. The van der Waals surface area contributed by atoms with Crippen LogP contribution in [0.2, 0.25) is 0 Å². The molecule has 0 saturated carbocycles. The van der Waals surface area contributed by atoms with Crippen molar-refractivity contribution >= 4 is 23.4 Å². The van der Waals surface area contributed by atoms with Crippen molar-refractivity contribution in [2.75, 3.05) is 38.2 Å². The molecule has 1 amide bonds. The van der Waals surface area contributed by atoms with Gasteiger partial charge < -0.3 is 10.1 Å². The highest BCUT2D eigenvalue weighted by Gasteiger charge is 2.13. The molecule has 6 nitrogen and oxygen atoms in total. The SMILES string of the molecule is O=C=Nc1ccc(NC(=O)CN2CCOCC2)cc1. The number of morpholine rings is 1. The van der Waals surface area contributed by atoms with Gasteiger partial charge in [-0.3, -0.25) is 9.69 Å². The molecular formula is C13H15N3O3. The number of anilines is 1. The summed E-state index contributed by atoms with van der Waals surface area (Å²) < 4.78 is 5.22. The van der Waals surface area contributed by atoms with Crippen LogP contribution in [0, 0.1) is 0 Å². The number of hydrogen-bond acceptors (Lipinski definition) is 5. The first-order chi connectivity index (χ1) is 9.28. The maximum Gasteiger partial charge on any atom is 0.240 e. The molecule has 1 aromatic carbocycles. The summed E-state index contributed by atoms with van der Waals surface area (Å²) >= 11 is 0. The summed E-state index contributed by atoms with van der Waals surface area (Å²) in [4.78, 5) is 27.4. The lowest BCUT2D eigenvalue weighted by atomic mass is 10.3. The van der Waals surface area contributed by atoms with Crippen molar-refractivity contribution in [3.8, 4) is 0 Å². The van der Waals surface area contributed by atoms with E-state index in [0.717, 1.165) is 13.1 Å². The number of ether oxygens (including phenoxy) is 1. The Balaban J connectivity index is 1.85. The van der Waals surface area contributed by atoms with Gasteiger partial charge in [-0.05, 0) is 24.3 Å². The van der Waals surface area contributed by atoms with Crippen molar-refractivity contribution in [2.24, 2.45) is 4.99 Å². The number of amides is 1. The molecule has 100 valence electrons. The van der Waals surface area contributed by atoms with Crippen LogP contribution < -0.4 is 5.32 Å². The minimum Gasteiger partial charge on any atom is -0.379 e. The molecule has 19 heavy (non-hydrogen) atoms. The highest BCUT2D eigenvalue weighted by Crippen LogP contribution is 2.15. The van der Waals surface area contributed by atoms with Gasteiger partial charge in [0.1, 0.15) is 0 Å². The maximum atomic E-state index is 11.8. The molecule has 0 bridgehead atoms. The minimum absolute atomic E-state index is 0.0615. The summed E-state index contributed by atoms with van der Waals surface area (Å²) in [6.07, 6.45) is 1.47. The second-order valence-corrected chi connectivity index (χ2v) is 4.19. The first-order valence-electron chi connectivity index (χ1n) is 6.06. The second-order valence-electron chi connectivity index (χ2n) is 4.19. The molecule has 1 aromatic rings. The molecule has 1 heterocycles. The molecule has 2 rings (SSSR count). The molecule has 6 heteroatoms. The van der Waals surface area contributed by atoms with Crippen LogP contribution in [0.4, 0.5) is 11.4 Å². The third-order valence-electron chi connectivity index (χ3n) is 2.80. The minimum atomic E-state index is -0.0615. The third-order valence-corrected chi connectivity index (χ3v) is 2.80. The summed E-state index contributed by atoms with van der Waals surface area (Å²) in [7, 11) is 0. The number of aliphatic imine (C=N–C) groups is 1. The molecule has 1 aliphatic rings. The van der Waals surface area contributed by atoms with Crippen LogP contribution in [0.3, 0.4) is 0 Å². The van der Waals surface area contributed by atoms with Crippen LogP contribution in [0.1, 0.15) is 0 Å². The maximum absolute atomic E-state index is 11.8. The average molecular weight is 261 g/mol. The molecule has 1 aliphatic heterocycles. The number of benzene rings is 1. The van der Waals surface area contributed by atoms with Gasteiger partial charge >= 0.3 is 0 Å². The fourth-order valence-electron chi connectivity index (χ4n) is 1.83. The first kappa shape index (κ1) is 13.4. The van der Waals surface area contributed by atoms with E-state index in [1.165, 1.54) is 6.08 Å². The largest absolute Gasteiger partial charge is 0.379 e. The monoisotopic (exact) mass is 261 g/mol. The van der Waals surface area contributed by atoms with Gasteiger partial charge in [-0.15, -0.1) is 0 Å². The number of rotatable bonds is 4. The molecular weight excluding hydrogens is 246 g/mol. The van der Waals surface area contributed by atoms with E-state index >= 15 is 0 Å². The summed E-state index contributed by atoms with van der Waals surface area (Å²) in [6.45, 7) is 3.26. The molecule has 0 atom stereocenters. The fraction of sp³-hybridized carbons (Fsp3) is 0.385. The van der Waals surface area contributed by atoms with Gasteiger partial charge in [0.15, 0.2) is 0 Å². The van der Waals surface area contributed by atoms with Gasteiger partial charge in [0.25, 0.3) is 0 Å². The van der Waals surface area contributed by atoms with Gasteiger partial charge in [-0.25, -0.2) is 4.79 Å². The van der Waals surface area contributed by atoms with Gasteiger partial charge in [-0.2, -0.15) is 4.99 Å². The molecule has 0 unspecified atom stereocenters. The molecule has 0 aliphatic carbocycles. The Kier molecular flexibility index (Phi) is 4.80. The van der Waals surface area contributed by atoms with Gasteiger partial charge in [0, 0.05) is 18.8 Å². The number of carbonyl (C=O) groups excluding carboxylic acids is 2. The van der Waals surface area contributed by atoms with Crippen molar-refractivity contribution in [1.29, 1.82) is 0 Å². The van der Waals surface area contributed by atoms with E-state index in [4.69, 9.17) is 4.74 Å². The Labute approximate surface area is 111 Å². The van der Waals surface area contributed by atoms with Gasteiger partial charge in [0.05, 0.1) is 25.4 Å². The van der Waals surface area contributed by atoms with Gasteiger partial charge in [-0.1, -0.05) is 0 Å².